The lowest BCUT2D eigenvalue weighted by Crippen LogP contribution is -2.36. The average Bonchev–Trinajstić information content (AvgIpc) is 3.10. The maximum Gasteiger partial charge on any atom is 0.351 e. The molecule has 1 aliphatic rings. The van der Waals surface area contributed by atoms with Gasteiger partial charge in [0.15, 0.2) is 11.7 Å². The molecule has 1 aromatic carbocycles. The van der Waals surface area contributed by atoms with E-state index in [-0.39, 0.29) is 23.7 Å². The molecule has 3 aromatic rings. The van der Waals surface area contributed by atoms with Crippen molar-refractivity contribution in [1.82, 2.24) is 18.5 Å². The quantitative estimate of drug-likeness (QED) is 0.537. The van der Waals surface area contributed by atoms with E-state index in [2.05, 4.69) is 5.10 Å². The fourth-order valence-corrected chi connectivity index (χ4v) is 5.25. The van der Waals surface area contributed by atoms with Gasteiger partial charge in [-0.1, -0.05) is 31.2 Å². The standard InChI is InChI=1S/C21H24N4O5S/c1-3-18(20(26)30-4-2)25-21(27)24-14-17(9-10-19(24)22-25)31(28,29)23-12-11-15-7-5-6-8-16(15)13-23/h5-10,14,18H,3-4,11-13H2,1-2H3. The van der Waals surface area contributed by atoms with Crippen LogP contribution in [0.25, 0.3) is 5.65 Å². The van der Waals surface area contributed by atoms with Crippen molar-refractivity contribution in [3.63, 3.8) is 0 Å². The zero-order chi connectivity index (χ0) is 22.2. The number of carbonyl (C=O) groups excluding carboxylic acids is 1. The molecule has 31 heavy (non-hydrogen) atoms. The van der Waals surface area contributed by atoms with E-state index >= 15 is 0 Å². The third kappa shape index (κ3) is 3.77. The normalized spacial score (nSPS) is 15.5. The number of fused-ring (bicyclic) bond motifs is 2. The Hall–Kier alpha value is -2.98. The molecule has 164 valence electrons. The Balaban J connectivity index is 1.70. The lowest BCUT2D eigenvalue weighted by Gasteiger charge is -2.28. The van der Waals surface area contributed by atoms with Crippen LogP contribution in [0, 0.1) is 0 Å². The van der Waals surface area contributed by atoms with Crippen LogP contribution in [0.5, 0.6) is 0 Å². The average molecular weight is 445 g/mol. The summed E-state index contributed by atoms with van der Waals surface area (Å²) in [5.74, 6) is -0.546. The Kier molecular flexibility index (Phi) is 5.67. The molecule has 0 N–H and O–H groups in total. The van der Waals surface area contributed by atoms with Crippen LogP contribution in [0.2, 0.25) is 0 Å². The van der Waals surface area contributed by atoms with E-state index in [1.807, 2.05) is 24.3 Å². The lowest BCUT2D eigenvalue weighted by molar-refractivity contribution is -0.147. The molecule has 0 amide bonds. The zero-order valence-electron chi connectivity index (χ0n) is 17.4. The summed E-state index contributed by atoms with van der Waals surface area (Å²) in [6.45, 7) is 4.28. The van der Waals surface area contributed by atoms with Crippen molar-refractivity contribution in [2.24, 2.45) is 0 Å². The molecule has 1 aliphatic heterocycles. The summed E-state index contributed by atoms with van der Waals surface area (Å²) in [7, 11) is -3.81. The molecule has 2 aromatic heterocycles. The Morgan fingerprint density at radius 1 is 1.16 bits per heavy atom. The monoisotopic (exact) mass is 444 g/mol. The number of pyridine rings is 1. The smallest absolute Gasteiger partial charge is 0.351 e. The number of carbonyl (C=O) groups is 1. The van der Waals surface area contributed by atoms with Crippen LogP contribution in [0.3, 0.4) is 0 Å². The molecular formula is C21H24N4O5S. The summed E-state index contributed by atoms with van der Waals surface area (Å²) in [4.78, 5) is 25.1. The van der Waals surface area contributed by atoms with Crippen molar-refractivity contribution in [2.45, 2.75) is 44.2 Å². The fourth-order valence-electron chi connectivity index (χ4n) is 3.83. The number of esters is 1. The molecular weight excluding hydrogens is 420 g/mol. The Morgan fingerprint density at radius 2 is 1.90 bits per heavy atom. The van der Waals surface area contributed by atoms with Crippen LogP contribution in [0.15, 0.2) is 52.3 Å². The topological polar surface area (TPSA) is 103 Å². The van der Waals surface area contributed by atoms with E-state index in [1.165, 1.54) is 22.6 Å². The summed E-state index contributed by atoms with van der Waals surface area (Å²) in [6, 6.07) is 9.81. The predicted molar refractivity (Wildman–Crippen MR) is 113 cm³/mol. The Bertz CT molecular complexity index is 1290. The number of aromatic nitrogens is 3. The third-order valence-corrected chi connectivity index (χ3v) is 7.31. The molecule has 0 saturated heterocycles. The molecule has 0 saturated carbocycles. The van der Waals surface area contributed by atoms with Crippen molar-refractivity contribution >= 4 is 21.6 Å². The van der Waals surface area contributed by atoms with E-state index in [0.717, 1.165) is 20.2 Å². The largest absolute Gasteiger partial charge is 0.464 e. The van der Waals surface area contributed by atoms with Crippen molar-refractivity contribution in [3.05, 3.63) is 64.2 Å². The minimum absolute atomic E-state index is 0.00483. The highest BCUT2D eigenvalue weighted by Crippen LogP contribution is 2.25. The molecule has 0 fully saturated rings. The van der Waals surface area contributed by atoms with E-state index in [1.54, 1.807) is 13.8 Å². The second-order valence-corrected chi connectivity index (χ2v) is 9.29. The molecule has 0 aliphatic carbocycles. The van der Waals surface area contributed by atoms with E-state index in [4.69, 9.17) is 4.74 Å². The Labute approximate surface area is 179 Å². The molecule has 10 heteroatoms. The van der Waals surface area contributed by atoms with E-state index in [0.29, 0.717) is 19.4 Å². The molecule has 9 nitrogen and oxygen atoms in total. The summed E-state index contributed by atoms with van der Waals surface area (Å²) < 4.78 is 35.2. The summed E-state index contributed by atoms with van der Waals surface area (Å²) in [5.41, 5.74) is 1.79. The maximum absolute atomic E-state index is 13.3. The van der Waals surface area contributed by atoms with Gasteiger partial charge in [0.05, 0.1) is 11.5 Å². The summed E-state index contributed by atoms with van der Waals surface area (Å²) in [5, 5.41) is 4.21. The molecule has 0 radical (unpaired) electrons. The summed E-state index contributed by atoms with van der Waals surface area (Å²) in [6.07, 6.45) is 2.23. The molecule has 0 bridgehead atoms. The van der Waals surface area contributed by atoms with Gasteiger partial charge < -0.3 is 4.74 Å². The van der Waals surface area contributed by atoms with Crippen molar-refractivity contribution < 1.29 is 17.9 Å². The number of nitrogens with zero attached hydrogens (tertiary/aromatic N) is 4. The van der Waals surface area contributed by atoms with Gasteiger partial charge in [-0.2, -0.15) is 8.99 Å². The van der Waals surface area contributed by atoms with Gasteiger partial charge in [0.2, 0.25) is 10.0 Å². The van der Waals surface area contributed by atoms with Crippen LogP contribution >= 0.6 is 0 Å². The molecule has 1 unspecified atom stereocenters. The fraction of sp³-hybridized carbons (Fsp3) is 0.381. The van der Waals surface area contributed by atoms with Crippen LogP contribution in [-0.4, -0.2) is 46.0 Å². The van der Waals surface area contributed by atoms with E-state index < -0.39 is 27.7 Å². The van der Waals surface area contributed by atoms with Gasteiger partial charge in [-0.3, -0.25) is 0 Å². The van der Waals surface area contributed by atoms with Crippen molar-refractivity contribution in [3.8, 4) is 0 Å². The maximum atomic E-state index is 13.3. The number of ether oxygens (including phenoxy) is 1. The number of rotatable bonds is 6. The zero-order valence-corrected chi connectivity index (χ0v) is 18.2. The highest BCUT2D eigenvalue weighted by atomic mass is 32.2. The first kappa shape index (κ1) is 21.3. The van der Waals surface area contributed by atoms with Gasteiger partial charge in [-0.05, 0) is 43.0 Å². The molecule has 1 atom stereocenters. The minimum Gasteiger partial charge on any atom is -0.464 e. The van der Waals surface area contributed by atoms with Gasteiger partial charge in [0, 0.05) is 19.3 Å². The number of sulfonamides is 1. The van der Waals surface area contributed by atoms with Gasteiger partial charge in [0.1, 0.15) is 0 Å². The van der Waals surface area contributed by atoms with Crippen LogP contribution < -0.4 is 5.69 Å². The van der Waals surface area contributed by atoms with Gasteiger partial charge >= 0.3 is 11.7 Å². The lowest BCUT2D eigenvalue weighted by atomic mass is 10.0. The first-order valence-corrected chi connectivity index (χ1v) is 11.6. The van der Waals surface area contributed by atoms with Crippen molar-refractivity contribution in [1.29, 1.82) is 0 Å². The van der Waals surface area contributed by atoms with Crippen LogP contribution in [0.1, 0.15) is 37.4 Å². The SMILES string of the molecule is CCOC(=O)C(CC)n1nc2ccc(S(=O)(=O)N3CCc4ccccc4C3)cn2c1=O. The highest BCUT2D eigenvalue weighted by molar-refractivity contribution is 7.89. The molecule has 4 rings (SSSR count). The number of hydrogen-bond donors (Lipinski definition) is 0. The number of benzene rings is 1. The van der Waals surface area contributed by atoms with Crippen molar-refractivity contribution in [2.75, 3.05) is 13.2 Å². The minimum atomic E-state index is -3.81. The van der Waals surface area contributed by atoms with Gasteiger partial charge in [-0.15, -0.1) is 5.10 Å². The third-order valence-electron chi connectivity index (χ3n) is 5.49. The first-order valence-electron chi connectivity index (χ1n) is 10.2. The number of hydrogen-bond acceptors (Lipinski definition) is 6. The van der Waals surface area contributed by atoms with Crippen LogP contribution in [-0.2, 0) is 32.5 Å². The first-order chi connectivity index (χ1) is 14.9. The molecule has 3 heterocycles. The second-order valence-electron chi connectivity index (χ2n) is 7.35. The van der Waals surface area contributed by atoms with Gasteiger partial charge in [0.25, 0.3) is 0 Å². The van der Waals surface area contributed by atoms with E-state index in [9.17, 15) is 18.0 Å². The second kappa shape index (κ2) is 8.27. The summed E-state index contributed by atoms with van der Waals surface area (Å²) >= 11 is 0. The predicted octanol–water partition coefficient (Wildman–Crippen LogP) is 1.76. The van der Waals surface area contributed by atoms with Gasteiger partial charge in [-0.25, -0.2) is 22.4 Å². The van der Waals surface area contributed by atoms with Crippen LogP contribution in [0.4, 0.5) is 0 Å². The Morgan fingerprint density at radius 3 is 2.61 bits per heavy atom. The molecule has 0 spiro atoms. The highest BCUT2D eigenvalue weighted by Gasteiger charge is 2.30.